The number of benzene rings is 2. The summed E-state index contributed by atoms with van der Waals surface area (Å²) in [5.41, 5.74) is 13.2. The van der Waals surface area contributed by atoms with Crippen molar-refractivity contribution < 1.29 is 38.4 Å². The van der Waals surface area contributed by atoms with E-state index in [2.05, 4.69) is 31.9 Å². The van der Waals surface area contributed by atoms with Crippen LogP contribution in [0.25, 0.3) is 0 Å². The molecule has 3 aliphatic heterocycles. The highest BCUT2D eigenvalue weighted by molar-refractivity contribution is 5.99. The molecule has 8 atom stereocenters. The van der Waals surface area contributed by atoms with Crippen LogP contribution in [0, 0.1) is 11.8 Å². The molecule has 2 aromatic carbocycles. The van der Waals surface area contributed by atoms with Crippen molar-refractivity contribution in [2.24, 2.45) is 23.3 Å². The van der Waals surface area contributed by atoms with E-state index in [0.29, 0.717) is 38.5 Å². The summed E-state index contributed by atoms with van der Waals surface area (Å²) in [6.07, 6.45) is 2.64. The van der Waals surface area contributed by atoms with E-state index in [1.165, 1.54) is 9.80 Å². The van der Waals surface area contributed by atoms with Crippen LogP contribution < -0.4 is 43.4 Å². The Balaban J connectivity index is 1.55. The quantitative estimate of drug-likeness (QED) is 0.143. The minimum absolute atomic E-state index is 0.0740. The fourth-order valence-corrected chi connectivity index (χ4v) is 8.92. The Labute approximate surface area is 387 Å². The first-order valence-corrected chi connectivity index (χ1v) is 23.5. The van der Waals surface area contributed by atoms with Gasteiger partial charge in [0, 0.05) is 25.9 Å². The van der Waals surface area contributed by atoms with Gasteiger partial charge in [0.2, 0.25) is 47.3 Å². The van der Waals surface area contributed by atoms with Gasteiger partial charge in [0.25, 0.3) is 0 Å². The number of hydrogen-bond acceptors (Lipinski definition) is 10. The number of nitrogens with two attached hydrogens (primary N) is 2. The molecule has 3 fully saturated rings. The number of hydrogen-bond donors (Lipinski definition) is 8. The lowest BCUT2D eigenvalue weighted by Gasteiger charge is -2.33. The monoisotopic (exact) mass is 915 g/mol. The summed E-state index contributed by atoms with van der Waals surface area (Å²) in [5, 5.41) is 17.1. The molecule has 18 nitrogen and oxygen atoms in total. The topological polar surface area (TPSA) is 267 Å². The van der Waals surface area contributed by atoms with E-state index in [-0.39, 0.29) is 51.9 Å². The number of fused-ring (bicyclic) bond motifs is 2. The molecule has 0 radical (unpaired) electrons. The van der Waals surface area contributed by atoms with Crippen molar-refractivity contribution in [3.05, 3.63) is 71.8 Å². The van der Waals surface area contributed by atoms with Crippen molar-refractivity contribution in [3.63, 3.8) is 0 Å². The zero-order valence-electron chi connectivity index (χ0n) is 38.8. The van der Waals surface area contributed by atoms with Crippen LogP contribution in [0.2, 0.25) is 0 Å². The van der Waals surface area contributed by atoms with Crippen molar-refractivity contribution >= 4 is 47.3 Å². The molecule has 3 heterocycles. The lowest BCUT2D eigenvalue weighted by molar-refractivity contribution is -0.143. The maximum absolute atomic E-state index is 14.6. The fourth-order valence-electron chi connectivity index (χ4n) is 8.92. The van der Waals surface area contributed by atoms with Gasteiger partial charge in [-0.3, -0.25) is 38.4 Å². The van der Waals surface area contributed by atoms with Crippen LogP contribution in [0.5, 0.6) is 0 Å². The third-order valence-electron chi connectivity index (χ3n) is 12.6. The first kappa shape index (κ1) is 51.1. The van der Waals surface area contributed by atoms with Gasteiger partial charge >= 0.3 is 0 Å². The summed E-state index contributed by atoms with van der Waals surface area (Å²) in [6.45, 7) is 7.83. The van der Waals surface area contributed by atoms with E-state index in [0.717, 1.165) is 11.1 Å². The summed E-state index contributed by atoms with van der Waals surface area (Å²) in [7, 11) is 0. The Bertz CT molecular complexity index is 1860. The first-order valence-electron chi connectivity index (χ1n) is 23.5. The second kappa shape index (κ2) is 24.6. The molecular weight excluding hydrogens is 845 g/mol. The minimum Gasteiger partial charge on any atom is -0.343 e. The van der Waals surface area contributed by atoms with E-state index in [1.54, 1.807) is 27.7 Å². The van der Waals surface area contributed by atoms with Crippen LogP contribution >= 0.6 is 0 Å². The SMILES string of the molecule is CC(C)[C@@H]1NC(=O)[C@@H]2CCCN2C(=O)[C@@H](Cc2ccccc2)NC(=O)[C@H](CCCN)NC(=O)[C@H](C(C)C)NC(=O)[C@@H]2CCCN2C(=O)[C@@H](Cc2ccccc2)NC(=O)[C@H](CCCN)NC1=O. The zero-order valence-corrected chi connectivity index (χ0v) is 38.8. The standard InChI is InChI=1S/C48H70N10O8/c1-29(2)39-45(63)51-33(19-11-23-49)41(59)53-36(28-32-17-9-6-10-18-32)48(66)58-26-14-22-38(58)44(62)56-40(30(3)4)46(64)52-34(20-12-24-50)42(60)54-35(27-31-15-7-5-8-16-31)47(65)57-25-13-21-37(57)43(61)55-39/h5-10,15-18,29-30,33-40H,11-14,19-28,49-50H2,1-4H3,(H,51,63)(H,52,64)(H,53,59)(H,54,60)(H,55,61)(H,56,62)/t33-,34-,35+,36+,37-,38-,39-,40-/m0/s1. The third kappa shape index (κ3) is 13.6. The van der Waals surface area contributed by atoms with Crippen LogP contribution in [-0.2, 0) is 51.2 Å². The van der Waals surface area contributed by atoms with E-state index in [9.17, 15) is 38.4 Å². The van der Waals surface area contributed by atoms with Crippen LogP contribution in [0.15, 0.2) is 60.7 Å². The number of nitrogens with one attached hydrogen (secondary N) is 6. The van der Waals surface area contributed by atoms with Crippen molar-refractivity contribution in [2.75, 3.05) is 26.2 Å². The summed E-state index contributed by atoms with van der Waals surface area (Å²) in [5.74, 6) is -5.64. The van der Waals surface area contributed by atoms with Gasteiger partial charge in [-0.25, -0.2) is 0 Å². The first-order chi connectivity index (χ1) is 31.6. The Kier molecular flexibility index (Phi) is 19.0. The van der Waals surface area contributed by atoms with E-state index >= 15 is 0 Å². The molecule has 0 aromatic heterocycles. The van der Waals surface area contributed by atoms with E-state index in [1.807, 2.05) is 60.7 Å². The average Bonchev–Trinajstić information content (AvgIpc) is 4.00. The highest BCUT2D eigenvalue weighted by atomic mass is 16.2. The van der Waals surface area contributed by atoms with E-state index < -0.39 is 107 Å². The molecule has 360 valence electrons. The largest absolute Gasteiger partial charge is 0.343 e. The van der Waals surface area contributed by atoms with Crippen molar-refractivity contribution in [2.45, 2.75) is 140 Å². The van der Waals surface area contributed by atoms with Crippen molar-refractivity contribution in [1.82, 2.24) is 41.7 Å². The molecule has 0 bridgehead atoms. The highest BCUT2D eigenvalue weighted by Gasteiger charge is 2.43. The number of carbonyl (C=O) groups is 8. The molecule has 0 spiro atoms. The summed E-state index contributed by atoms with van der Waals surface area (Å²) >= 11 is 0. The maximum atomic E-state index is 14.6. The summed E-state index contributed by atoms with van der Waals surface area (Å²) < 4.78 is 0. The Morgan fingerprint density at radius 3 is 1.17 bits per heavy atom. The van der Waals surface area contributed by atoms with Gasteiger partial charge in [0.15, 0.2) is 0 Å². The number of amides is 8. The van der Waals surface area contributed by atoms with Crippen LogP contribution in [0.4, 0.5) is 0 Å². The molecule has 18 heteroatoms. The molecular formula is C48H70N10O8. The molecule has 66 heavy (non-hydrogen) atoms. The normalized spacial score (nSPS) is 26.7. The summed E-state index contributed by atoms with van der Waals surface area (Å²) in [4.78, 5) is 117. The molecule has 3 saturated heterocycles. The highest BCUT2D eigenvalue weighted by Crippen LogP contribution is 2.23. The second-order valence-electron chi connectivity index (χ2n) is 18.3. The van der Waals surface area contributed by atoms with Crippen LogP contribution in [0.1, 0.15) is 90.2 Å². The molecule has 0 saturated carbocycles. The molecule has 3 aliphatic rings. The lowest BCUT2D eigenvalue weighted by atomic mass is 9.99. The van der Waals surface area contributed by atoms with Gasteiger partial charge in [-0.2, -0.15) is 0 Å². The van der Waals surface area contributed by atoms with Crippen molar-refractivity contribution in [1.29, 1.82) is 0 Å². The zero-order chi connectivity index (χ0) is 47.9. The van der Waals surface area contributed by atoms with Gasteiger partial charge in [-0.05, 0) is 87.4 Å². The summed E-state index contributed by atoms with van der Waals surface area (Å²) in [6, 6.07) is 9.34. The Morgan fingerprint density at radius 1 is 0.485 bits per heavy atom. The molecule has 8 amide bonds. The molecule has 0 unspecified atom stereocenters. The average molecular weight is 915 g/mol. The Morgan fingerprint density at radius 2 is 0.833 bits per heavy atom. The number of carbonyl (C=O) groups excluding carboxylic acids is 8. The lowest BCUT2D eigenvalue weighted by Crippen LogP contribution is -2.62. The molecule has 10 N–H and O–H groups in total. The van der Waals surface area contributed by atoms with Crippen LogP contribution in [0.3, 0.4) is 0 Å². The number of nitrogens with zero attached hydrogens (tertiary/aromatic N) is 2. The fraction of sp³-hybridized carbons (Fsp3) is 0.583. The second-order valence-corrected chi connectivity index (χ2v) is 18.3. The smallest absolute Gasteiger partial charge is 0.246 e. The predicted molar refractivity (Wildman–Crippen MR) is 248 cm³/mol. The van der Waals surface area contributed by atoms with Gasteiger partial charge in [0.05, 0.1) is 0 Å². The van der Waals surface area contributed by atoms with Gasteiger partial charge in [-0.1, -0.05) is 88.4 Å². The van der Waals surface area contributed by atoms with Gasteiger partial charge in [-0.15, -0.1) is 0 Å². The molecule has 0 aliphatic carbocycles. The van der Waals surface area contributed by atoms with E-state index in [4.69, 9.17) is 11.5 Å². The maximum Gasteiger partial charge on any atom is 0.246 e. The Hall–Kier alpha value is -5.88. The predicted octanol–water partition coefficient (Wildman–Crippen LogP) is 0.166. The molecule has 2 aromatic rings. The number of rotatable bonds is 12. The van der Waals surface area contributed by atoms with Gasteiger partial charge in [0.1, 0.15) is 48.3 Å². The van der Waals surface area contributed by atoms with Crippen LogP contribution in [-0.4, -0.2) is 132 Å². The molecule has 5 rings (SSSR count). The minimum atomic E-state index is -1.15. The van der Waals surface area contributed by atoms with Gasteiger partial charge < -0.3 is 53.2 Å². The third-order valence-corrected chi connectivity index (χ3v) is 12.6. The van der Waals surface area contributed by atoms with Crippen molar-refractivity contribution in [3.8, 4) is 0 Å².